The molecule has 0 aromatic heterocycles. The lowest BCUT2D eigenvalue weighted by atomic mass is 10.0. The van der Waals surface area contributed by atoms with Gasteiger partial charge in [0.1, 0.15) is 6.61 Å². The largest absolute Gasteiger partial charge is 0.493 e. The fraction of sp³-hybridized carbons (Fsp3) is 0.167. The number of nitrogens with one attached hydrogen (secondary N) is 2. The van der Waals surface area contributed by atoms with Crippen molar-refractivity contribution in [3.05, 3.63) is 82.4 Å². The van der Waals surface area contributed by atoms with Gasteiger partial charge in [0.05, 0.1) is 7.11 Å². The molecule has 6 nitrogen and oxygen atoms in total. The summed E-state index contributed by atoms with van der Waals surface area (Å²) in [7, 11) is 1.53. The maximum atomic E-state index is 12.7. The smallest absolute Gasteiger partial charge is 0.255 e. The van der Waals surface area contributed by atoms with Crippen molar-refractivity contribution in [2.24, 2.45) is 0 Å². The van der Waals surface area contributed by atoms with Crippen LogP contribution in [0.25, 0.3) is 0 Å². The third-order valence-electron chi connectivity index (χ3n) is 4.99. The van der Waals surface area contributed by atoms with Crippen molar-refractivity contribution in [1.29, 1.82) is 0 Å². The Morgan fingerprint density at radius 3 is 2.61 bits per heavy atom. The molecular formula is C24H21ClN2O4. The topological polar surface area (TPSA) is 76.7 Å². The van der Waals surface area contributed by atoms with E-state index in [9.17, 15) is 9.59 Å². The Bertz CT molecular complexity index is 1130. The highest BCUT2D eigenvalue weighted by Gasteiger charge is 2.16. The molecule has 3 aromatic rings. The van der Waals surface area contributed by atoms with E-state index in [1.807, 2.05) is 18.2 Å². The predicted octanol–water partition coefficient (Wildman–Crippen LogP) is 5.06. The van der Waals surface area contributed by atoms with Gasteiger partial charge in [-0.05, 0) is 66.1 Å². The number of methoxy groups -OCH3 is 1. The molecule has 0 atom stereocenters. The van der Waals surface area contributed by atoms with E-state index >= 15 is 0 Å². The second kappa shape index (κ2) is 9.10. The van der Waals surface area contributed by atoms with Crippen molar-refractivity contribution in [3.63, 3.8) is 0 Å². The van der Waals surface area contributed by atoms with Crippen LogP contribution in [0.5, 0.6) is 11.5 Å². The first kappa shape index (κ1) is 20.8. The minimum atomic E-state index is -0.262. The van der Waals surface area contributed by atoms with Crippen LogP contribution in [0.1, 0.15) is 27.9 Å². The van der Waals surface area contributed by atoms with Gasteiger partial charge in [0.2, 0.25) is 5.91 Å². The molecule has 0 aliphatic carbocycles. The number of anilines is 2. The van der Waals surface area contributed by atoms with E-state index in [1.54, 1.807) is 42.5 Å². The minimum Gasteiger partial charge on any atom is -0.493 e. The molecule has 3 aromatic carbocycles. The predicted molar refractivity (Wildman–Crippen MR) is 120 cm³/mol. The highest BCUT2D eigenvalue weighted by Crippen LogP contribution is 2.30. The highest BCUT2D eigenvalue weighted by molar-refractivity contribution is 6.30. The van der Waals surface area contributed by atoms with Crippen molar-refractivity contribution < 1.29 is 19.1 Å². The summed E-state index contributed by atoms with van der Waals surface area (Å²) in [4.78, 5) is 24.2. The lowest BCUT2D eigenvalue weighted by Crippen LogP contribution is -2.19. The fourth-order valence-corrected chi connectivity index (χ4v) is 3.46. The molecular weight excluding hydrogens is 416 g/mol. The van der Waals surface area contributed by atoms with Crippen LogP contribution in [0.2, 0.25) is 5.02 Å². The van der Waals surface area contributed by atoms with Gasteiger partial charge in [-0.1, -0.05) is 23.7 Å². The third kappa shape index (κ3) is 4.98. The lowest BCUT2D eigenvalue weighted by Gasteiger charge is -2.18. The Hall–Kier alpha value is -3.51. The van der Waals surface area contributed by atoms with Crippen LogP contribution in [0.15, 0.2) is 60.7 Å². The van der Waals surface area contributed by atoms with E-state index in [0.717, 1.165) is 16.8 Å². The molecule has 1 heterocycles. The fourth-order valence-electron chi connectivity index (χ4n) is 3.33. The first-order chi connectivity index (χ1) is 15.0. The lowest BCUT2D eigenvalue weighted by molar-refractivity contribution is -0.116. The average Bonchev–Trinajstić information content (AvgIpc) is 2.78. The Morgan fingerprint density at radius 1 is 1.03 bits per heavy atom. The molecule has 1 aliphatic heterocycles. The number of fused-ring (bicyclic) bond motifs is 1. The monoisotopic (exact) mass is 436 g/mol. The number of hydrogen-bond donors (Lipinski definition) is 2. The van der Waals surface area contributed by atoms with E-state index in [1.165, 1.54) is 7.11 Å². The summed E-state index contributed by atoms with van der Waals surface area (Å²) in [5, 5.41) is 6.39. The molecule has 0 fully saturated rings. The Balaban J connectivity index is 1.45. The summed E-state index contributed by atoms with van der Waals surface area (Å²) in [6.07, 6.45) is 1.09. The molecule has 0 unspecified atom stereocenters. The summed E-state index contributed by atoms with van der Waals surface area (Å²) in [6, 6.07) is 17.9. The van der Waals surface area contributed by atoms with Gasteiger partial charge >= 0.3 is 0 Å². The summed E-state index contributed by atoms with van der Waals surface area (Å²) < 4.78 is 11.3. The molecule has 31 heavy (non-hydrogen) atoms. The Morgan fingerprint density at radius 2 is 1.84 bits per heavy atom. The molecule has 1 aliphatic rings. The van der Waals surface area contributed by atoms with Crippen LogP contribution in [0.4, 0.5) is 11.4 Å². The van der Waals surface area contributed by atoms with Gasteiger partial charge in [-0.2, -0.15) is 0 Å². The van der Waals surface area contributed by atoms with Crippen LogP contribution >= 0.6 is 11.6 Å². The molecule has 158 valence electrons. The number of carbonyl (C=O) groups excluding carboxylic acids is 2. The summed E-state index contributed by atoms with van der Waals surface area (Å²) in [5.74, 6) is 0.755. The Labute approximate surface area is 185 Å². The van der Waals surface area contributed by atoms with Gasteiger partial charge in [0.15, 0.2) is 11.5 Å². The van der Waals surface area contributed by atoms with Crippen LogP contribution < -0.4 is 20.1 Å². The van der Waals surface area contributed by atoms with Gasteiger partial charge in [-0.3, -0.25) is 9.59 Å². The van der Waals surface area contributed by atoms with Crippen LogP contribution in [-0.2, 0) is 17.8 Å². The number of benzene rings is 3. The van der Waals surface area contributed by atoms with E-state index in [-0.39, 0.29) is 11.8 Å². The first-order valence-corrected chi connectivity index (χ1v) is 10.2. The van der Waals surface area contributed by atoms with E-state index in [0.29, 0.717) is 47.2 Å². The number of rotatable bonds is 6. The van der Waals surface area contributed by atoms with Gasteiger partial charge in [-0.15, -0.1) is 0 Å². The number of hydrogen-bond acceptors (Lipinski definition) is 4. The molecule has 0 bridgehead atoms. The number of aryl methyl sites for hydroxylation is 1. The van der Waals surface area contributed by atoms with E-state index < -0.39 is 0 Å². The highest BCUT2D eigenvalue weighted by atomic mass is 35.5. The van der Waals surface area contributed by atoms with Crippen LogP contribution in [0, 0.1) is 0 Å². The molecule has 2 amide bonds. The maximum absolute atomic E-state index is 12.7. The van der Waals surface area contributed by atoms with Gasteiger partial charge in [0, 0.05) is 28.4 Å². The molecule has 0 saturated heterocycles. The van der Waals surface area contributed by atoms with Crippen molar-refractivity contribution in [3.8, 4) is 11.5 Å². The normalized spacial score (nSPS) is 12.5. The number of amides is 2. The standard InChI is InChI=1S/C24H21ClN2O4/c1-30-22-13-17(4-10-21(22)31-14-15-2-6-18(25)7-3-15)24(29)26-19-8-9-20-16(12-19)5-11-23(28)27-20/h2-4,6-10,12-13H,5,11,14H2,1H3,(H,26,29)(H,27,28). The summed E-state index contributed by atoms with van der Waals surface area (Å²) in [6.45, 7) is 0.352. The number of carbonyl (C=O) groups is 2. The Kier molecular flexibility index (Phi) is 6.09. The third-order valence-corrected chi connectivity index (χ3v) is 5.24. The summed E-state index contributed by atoms with van der Waals surface area (Å²) in [5.41, 5.74) is 3.87. The quantitative estimate of drug-likeness (QED) is 0.566. The van der Waals surface area contributed by atoms with Crippen LogP contribution in [0.3, 0.4) is 0 Å². The second-order valence-electron chi connectivity index (χ2n) is 7.16. The zero-order chi connectivity index (χ0) is 21.8. The second-order valence-corrected chi connectivity index (χ2v) is 7.59. The number of halogens is 1. The van der Waals surface area contributed by atoms with Crippen LogP contribution in [-0.4, -0.2) is 18.9 Å². The first-order valence-electron chi connectivity index (χ1n) is 9.81. The number of ether oxygens (including phenoxy) is 2. The summed E-state index contributed by atoms with van der Waals surface area (Å²) >= 11 is 5.91. The van der Waals surface area contributed by atoms with Crippen molar-refractivity contribution in [1.82, 2.24) is 0 Å². The molecule has 4 rings (SSSR count). The van der Waals surface area contributed by atoms with Crippen molar-refractivity contribution >= 4 is 34.8 Å². The minimum absolute atomic E-state index is 0.00903. The van der Waals surface area contributed by atoms with Crippen molar-refractivity contribution in [2.45, 2.75) is 19.4 Å². The molecule has 0 radical (unpaired) electrons. The van der Waals surface area contributed by atoms with Gasteiger partial charge in [-0.25, -0.2) is 0 Å². The maximum Gasteiger partial charge on any atom is 0.255 e. The SMILES string of the molecule is COc1cc(C(=O)Nc2ccc3c(c2)CCC(=O)N3)ccc1OCc1ccc(Cl)cc1. The van der Waals surface area contributed by atoms with Gasteiger partial charge < -0.3 is 20.1 Å². The molecule has 2 N–H and O–H groups in total. The van der Waals surface area contributed by atoms with Crippen molar-refractivity contribution in [2.75, 3.05) is 17.7 Å². The zero-order valence-corrected chi connectivity index (χ0v) is 17.7. The zero-order valence-electron chi connectivity index (χ0n) is 16.9. The molecule has 0 saturated carbocycles. The molecule has 0 spiro atoms. The van der Waals surface area contributed by atoms with Gasteiger partial charge in [0.25, 0.3) is 5.91 Å². The van der Waals surface area contributed by atoms with E-state index in [2.05, 4.69) is 10.6 Å². The van der Waals surface area contributed by atoms with E-state index in [4.69, 9.17) is 21.1 Å². The molecule has 7 heteroatoms. The average molecular weight is 437 g/mol.